The molecule has 1 unspecified atom stereocenters. The summed E-state index contributed by atoms with van der Waals surface area (Å²) in [6.45, 7) is 1.83. The van der Waals surface area contributed by atoms with Crippen molar-refractivity contribution in [3.05, 3.63) is 59.7 Å². The number of aliphatic carboxylic acids is 1. The number of nitrogens with one attached hydrogen (secondary N) is 2. The molecule has 7 nitrogen and oxygen atoms in total. The third kappa shape index (κ3) is 4.28. The van der Waals surface area contributed by atoms with Crippen LogP contribution in [-0.4, -0.2) is 40.8 Å². The topological polar surface area (TPSA) is 105 Å². The molecule has 184 valence electrons. The molecular formula is C28H32N2O5. The van der Waals surface area contributed by atoms with Gasteiger partial charge in [-0.05, 0) is 60.8 Å². The number of benzene rings is 2. The number of carboxylic acid groups (broad SMARTS) is 1. The molecule has 3 aliphatic carbocycles. The minimum Gasteiger partial charge on any atom is -0.480 e. The van der Waals surface area contributed by atoms with E-state index in [0.29, 0.717) is 12.8 Å². The highest BCUT2D eigenvalue weighted by Gasteiger charge is 2.52. The van der Waals surface area contributed by atoms with Gasteiger partial charge in [0.25, 0.3) is 0 Å². The van der Waals surface area contributed by atoms with Gasteiger partial charge in [-0.25, -0.2) is 9.59 Å². The summed E-state index contributed by atoms with van der Waals surface area (Å²) in [5.41, 5.74) is 2.03. The van der Waals surface area contributed by atoms with Crippen LogP contribution in [0.3, 0.4) is 0 Å². The summed E-state index contributed by atoms with van der Waals surface area (Å²) in [4.78, 5) is 38.4. The van der Waals surface area contributed by atoms with Crippen LogP contribution in [0, 0.1) is 5.92 Å². The largest absolute Gasteiger partial charge is 0.480 e. The number of carbonyl (C=O) groups excluding carboxylic acids is 2. The van der Waals surface area contributed by atoms with Crippen molar-refractivity contribution in [1.82, 2.24) is 10.6 Å². The minimum atomic E-state index is -1.27. The predicted octanol–water partition coefficient (Wildman–Crippen LogP) is 4.60. The highest BCUT2D eigenvalue weighted by Crippen LogP contribution is 2.45. The molecule has 2 fully saturated rings. The Morgan fingerprint density at radius 2 is 1.54 bits per heavy atom. The number of ether oxygens (including phenoxy) is 1. The normalized spacial score (nSPS) is 20.1. The molecule has 3 N–H and O–H groups in total. The lowest BCUT2D eigenvalue weighted by Crippen LogP contribution is -2.65. The molecular weight excluding hydrogens is 444 g/mol. The van der Waals surface area contributed by atoms with E-state index in [2.05, 4.69) is 34.9 Å². The maximum Gasteiger partial charge on any atom is 0.408 e. The molecule has 2 saturated carbocycles. The van der Waals surface area contributed by atoms with E-state index in [0.717, 1.165) is 54.4 Å². The third-order valence-corrected chi connectivity index (χ3v) is 8.04. The van der Waals surface area contributed by atoms with Crippen molar-refractivity contribution >= 4 is 18.0 Å². The third-order valence-electron chi connectivity index (χ3n) is 8.04. The van der Waals surface area contributed by atoms with Crippen molar-refractivity contribution in [2.75, 3.05) is 6.61 Å². The Balaban J connectivity index is 1.28. The standard InChI is InChI=1S/C28H32N2O5/c1-27(18-13-14-18,24(31)29-28(25(32)33)15-7-2-8-16-28)30-26(34)35-17-23-21-11-5-3-9-19(21)20-10-4-6-12-22(20)23/h3-6,9-12,18,23H,2,7-8,13-17H2,1H3,(H,29,31)(H,30,34)(H,32,33). The van der Waals surface area contributed by atoms with E-state index in [1.807, 2.05) is 24.3 Å². The van der Waals surface area contributed by atoms with Crippen LogP contribution in [0.25, 0.3) is 11.1 Å². The van der Waals surface area contributed by atoms with Crippen molar-refractivity contribution in [2.45, 2.75) is 68.9 Å². The highest BCUT2D eigenvalue weighted by atomic mass is 16.5. The van der Waals surface area contributed by atoms with Gasteiger partial charge in [-0.2, -0.15) is 0 Å². The van der Waals surface area contributed by atoms with E-state index in [1.54, 1.807) is 6.92 Å². The molecule has 0 spiro atoms. The average molecular weight is 477 g/mol. The summed E-state index contributed by atoms with van der Waals surface area (Å²) < 4.78 is 5.68. The Labute approximate surface area is 205 Å². The van der Waals surface area contributed by atoms with Gasteiger partial charge < -0.3 is 20.5 Å². The van der Waals surface area contributed by atoms with E-state index in [4.69, 9.17) is 4.74 Å². The fraction of sp³-hybridized carbons (Fsp3) is 0.464. The van der Waals surface area contributed by atoms with E-state index in [9.17, 15) is 19.5 Å². The fourth-order valence-electron chi connectivity index (χ4n) is 5.75. The Morgan fingerprint density at radius 3 is 2.09 bits per heavy atom. The smallest absolute Gasteiger partial charge is 0.408 e. The molecule has 35 heavy (non-hydrogen) atoms. The van der Waals surface area contributed by atoms with Crippen molar-refractivity contribution in [3.8, 4) is 11.1 Å². The first kappa shape index (κ1) is 23.4. The van der Waals surface area contributed by atoms with E-state index in [1.165, 1.54) is 0 Å². The number of fused-ring (bicyclic) bond motifs is 3. The lowest BCUT2D eigenvalue weighted by molar-refractivity contribution is -0.150. The summed E-state index contributed by atoms with van der Waals surface area (Å²) in [7, 11) is 0. The lowest BCUT2D eigenvalue weighted by Gasteiger charge is -2.38. The van der Waals surface area contributed by atoms with Crippen LogP contribution in [0.1, 0.15) is 68.9 Å². The molecule has 2 aromatic carbocycles. The molecule has 2 aromatic rings. The molecule has 0 aromatic heterocycles. The first-order valence-corrected chi connectivity index (χ1v) is 12.5. The monoisotopic (exact) mass is 476 g/mol. The number of rotatable bonds is 7. The minimum absolute atomic E-state index is 0.0441. The number of hydrogen-bond acceptors (Lipinski definition) is 4. The van der Waals surface area contributed by atoms with Crippen LogP contribution in [0.5, 0.6) is 0 Å². The maximum absolute atomic E-state index is 13.4. The van der Waals surface area contributed by atoms with Gasteiger partial charge in [0, 0.05) is 5.92 Å². The van der Waals surface area contributed by atoms with Crippen LogP contribution in [0.2, 0.25) is 0 Å². The second kappa shape index (κ2) is 9.02. The Morgan fingerprint density at radius 1 is 0.971 bits per heavy atom. The van der Waals surface area contributed by atoms with Crippen LogP contribution in [-0.2, 0) is 14.3 Å². The molecule has 1 atom stereocenters. The van der Waals surface area contributed by atoms with Crippen molar-refractivity contribution in [2.24, 2.45) is 5.92 Å². The van der Waals surface area contributed by atoms with Crippen LogP contribution < -0.4 is 10.6 Å². The molecule has 5 rings (SSSR count). The van der Waals surface area contributed by atoms with Gasteiger partial charge in [-0.15, -0.1) is 0 Å². The number of alkyl carbamates (subject to hydrolysis) is 1. The van der Waals surface area contributed by atoms with Crippen molar-refractivity contribution < 1.29 is 24.2 Å². The van der Waals surface area contributed by atoms with Crippen LogP contribution >= 0.6 is 0 Å². The van der Waals surface area contributed by atoms with Gasteiger partial charge in [-0.1, -0.05) is 67.8 Å². The summed E-state index contributed by atoms with van der Waals surface area (Å²) >= 11 is 0. The van der Waals surface area contributed by atoms with Gasteiger partial charge in [0.1, 0.15) is 17.7 Å². The number of carboxylic acids is 1. The average Bonchev–Trinajstić information content (AvgIpc) is 3.67. The second-order valence-electron chi connectivity index (χ2n) is 10.3. The quantitative estimate of drug-likeness (QED) is 0.542. The highest BCUT2D eigenvalue weighted by molar-refractivity contribution is 5.94. The predicted molar refractivity (Wildman–Crippen MR) is 131 cm³/mol. The SMILES string of the molecule is CC(NC(=O)OCC1c2ccccc2-c2ccccc21)(C(=O)NC1(C(=O)O)CCCCC1)C1CC1. The molecule has 3 aliphatic rings. The van der Waals surface area contributed by atoms with Gasteiger partial charge in [-0.3, -0.25) is 4.79 Å². The first-order valence-electron chi connectivity index (χ1n) is 12.5. The maximum atomic E-state index is 13.4. The lowest BCUT2D eigenvalue weighted by atomic mass is 9.80. The molecule has 0 saturated heterocycles. The first-order chi connectivity index (χ1) is 16.8. The Kier molecular flexibility index (Phi) is 6.03. The van der Waals surface area contributed by atoms with Crippen LogP contribution in [0.15, 0.2) is 48.5 Å². The summed E-state index contributed by atoms with van der Waals surface area (Å²) in [5, 5.41) is 15.5. The molecule has 0 aliphatic heterocycles. The number of hydrogen-bond donors (Lipinski definition) is 3. The molecule has 0 heterocycles. The van der Waals surface area contributed by atoms with Crippen LogP contribution in [0.4, 0.5) is 4.79 Å². The Bertz CT molecular complexity index is 1110. The summed E-state index contributed by atoms with van der Waals surface area (Å²) in [5.74, 6) is -1.58. The number of amides is 2. The van der Waals surface area contributed by atoms with Crippen molar-refractivity contribution in [3.63, 3.8) is 0 Å². The van der Waals surface area contributed by atoms with Crippen molar-refractivity contribution in [1.29, 1.82) is 0 Å². The van der Waals surface area contributed by atoms with E-state index >= 15 is 0 Å². The molecule has 7 heteroatoms. The molecule has 2 amide bonds. The zero-order chi connectivity index (χ0) is 24.6. The fourth-order valence-corrected chi connectivity index (χ4v) is 5.75. The zero-order valence-electron chi connectivity index (χ0n) is 20.0. The Hall–Kier alpha value is -3.35. The van der Waals surface area contributed by atoms with E-state index in [-0.39, 0.29) is 18.4 Å². The van der Waals surface area contributed by atoms with Gasteiger partial charge >= 0.3 is 12.1 Å². The van der Waals surface area contributed by atoms with Gasteiger partial charge in [0.15, 0.2) is 0 Å². The number of carbonyl (C=O) groups is 3. The zero-order valence-corrected chi connectivity index (χ0v) is 20.0. The second-order valence-corrected chi connectivity index (χ2v) is 10.3. The molecule has 0 radical (unpaired) electrons. The van der Waals surface area contributed by atoms with E-state index < -0.39 is 29.0 Å². The molecule has 0 bridgehead atoms. The van der Waals surface area contributed by atoms with Gasteiger partial charge in [0.05, 0.1) is 0 Å². The summed E-state index contributed by atoms with van der Waals surface area (Å²) in [6.07, 6.45) is 4.22. The van der Waals surface area contributed by atoms with Gasteiger partial charge in [0.2, 0.25) is 5.91 Å². The summed E-state index contributed by atoms with van der Waals surface area (Å²) in [6, 6.07) is 16.2.